The highest BCUT2D eigenvalue weighted by Gasteiger charge is 2.23. The van der Waals surface area contributed by atoms with E-state index in [1.54, 1.807) is 35.6 Å². The Hall–Kier alpha value is -1.36. The molecule has 0 bridgehead atoms. The molecule has 1 atom stereocenters. The Balaban J connectivity index is 1.86. The average Bonchev–Trinajstić information content (AvgIpc) is 3.01. The van der Waals surface area contributed by atoms with Crippen LogP contribution in [-0.2, 0) is 10.2 Å². The zero-order valence-electron chi connectivity index (χ0n) is 12.7. The van der Waals surface area contributed by atoms with E-state index in [9.17, 15) is 9.90 Å². The smallest absolute Gasteiger partial charge is 0.222 e. The lowest BCUT2D eigenvalue weighted by atomic mass is 9.91. The van der Waals surface area contributed by atoms with Gasteiger partial charge in [-0.25, -0.2) is 0 Å². The van der Waals surface area contributed by atoms with Gasteiger partial charge in [-0.05, 0) is 29.1 Å². The maximum atomic E-state index is 12.0. The molecule has 0 saturated heterocycles. The van der Waals surface area contributed by atoms with Gasteiger partial charge in [0.05, 0.1) is 12.5 Å². The number of amides is 1. The van der Waals surface area contributed by atoms with Crippen molar-refractivity contribution in [1.29, 1.82) is 0 Å². The van der Waals surface area contributed by atoms with Crippen molar-refractivity contribution in [3.63, 3.8) is 0 Å². The minimum Gasteiger partial charge on any atom is -0.388 e. The lowest BCUT2D eigenvalue weighted by molar-refractivity contribution is -0.123. The van der Waals surface area contributed by atoms with Gasteiger partial charge in [-0.3, -0.25) is 4.79 Å². The van der Waals surface area contributed by atoms with E-state index in [-0.39, 0.29) is 17.7 Å². The molecule has 3 nitrogen and oxygen atoms in total. The number of hydrogen-bond acceptors (Lipinski definition) is 3. The van der Waals surface area contributed by atoms with E-state index in [1.165, 1.54) is 4.88 Å². The summed E-state index contributed by atoms with van der Waals surface area (Å²) in [6.45, 7) is 4.73. The summed E-state index contributed by atoms with van der Waals surface area (Å²) in [6, 6.07) is 11.0. The summed E-state index contributed by atoms with van der Waals surface area (Å²) < 4.78 is 0. The standard InChI is InChI=1S/C17H20ClNO2S/c1-17(2,15-4-3-9-22-15)11-19-16(21)10-14(20)12-5-7-13(18)8-6-12/h3-9,14,20H,10-11H2,1-2H3,(H,19,21). The van der Waals surface area contributed by atoms with E-state index in [0.29, 0.717) is 17.1 Å². The number of hydrogen-bond donors (Lipinski definition) is 2. The SMILES string of the molecule is CC(C)(CNC(=O)CC(O)c1ccc(Cl)cc1)c1cccs1. The second kappa shape index (κ2) is 7.27. The first kappa shape index (κ1) is 17.0. The van der Waals surface area contributed by atoms with Crippen LogP contribution in [0.15, 0.2) is 41.8 Å². The molecule has 1 amide bonds. The van der Waals surface area contributed by atoms with Crippen molar-refractivity contribution in [2.45, 2.75) is 31.8 Å². The Bertz CT molecular complexity index is 608. The summed E-state index contributed by atoms with van der Waals surface area (Å²) in [7, 11) is 0. The van der Waals surface area contributed by atoms with Crippen LogP contribution in [0.4, 0.5) is 0 Å². The summed E-state index contributed by atoms with van der Waals surface area (Å²) in [5.41, 5.74) is 0.576. The third kappa shape index (κ3) is 4.57. The van der Waals surface area contributed by atoms with Crippen molar-refractivity contribution in [1.82, 2.24) is 5.32 Å². The molecule has 2 N–H and O–H groups in total. The van der Waals surface area contributed by atoms with Gasteiger partial charge in [-0.15, -0.1) is 11.3 Å². The van der Waals surface area contributed by atoms with Crippen LogP contribution in [0.25, 0.3) is 0 Å². The molecule has 22 heavy (non-hydrogen) atoms. The van der Waals surface area contributed by atoms with Gasteiger partial charge in [0.15, 0.2) is 0 Å². The zero-order chi connectivity index (χ0) is 16.2. The highest BCUT2D eigenvalue weighted by molar-refractivity contribution is 7.10. The van der Waals surface area contributed by atoms with E-state index in [1.807, 2.05) is 11.4 Å². The van der Waals surface area contributed by atoms with Crippen LogP contribution in [0, 0.1) is 0 Å². The van der Waals surface area contributed by atoms with Crippen LogP contribution < -0.4 is 5.32 Å². The van der Waals surface area contributed by atoms with Gasteiger partial charge in [0, 0.05) is 21.9 Å². The summed E-state index contributed by atoms with van der Waals surface area (Å²) >= 11 is 7.49. The number of aliphatic hydroxyl groups is 1. The first-order valence-electron chi connectivity index (χ1n) is 7.13. The molecule has 1 heterocycles. The van der Waals surface area contributed by atoms with Gasteiger partial charge in [-0.2, -0.15) is 0 Å². The maximum Gasteiger partial charge on any atom is 0.222 e. The number of rotatable bonds is 6. The fraction of sp³-hybridized carbons (Fsp3) is 0.353. The van der Waals surface area contributed by atoms with Crippen LogP contribution >= 0.6 is 22.9 Å². The van der Waals surface area contributed by atoms with E-state index in [0.717, 1.165) is 0 Å². The first-order valence-corrected chi connectivity index (χ1v) is 8.38. The largest absolute Gasteiger partial charge is 0.388 e. The van der Waals surface area contributed by atoms with E-state index < -0.39 is 6.10 Å². The van der Waals surface area contributed by atoms with Gasteiger partial charge in [0.1, 0.15) is 0 Å². The molecule has 118 valence electrons. The third-order valence-corrected chi connectivity index (χ3v) is 5.04. The number of aliphatic hydroxyl groups excluding tert-OH is 1. The van der Waals surface area contributed by atoms with E-state index in [4.69, 9.17) is 11.6 Å². The van der Waals surface area contributed by atoms with Crippen molar-refractivity contribution in [2.75, 3.05) is 6.54 Å². The minimum atomic E-state index is -0.817. The Morgan fingerprint density at radius 1 is 1.32 bits per heavy atom. The number of thiophene rings is 1. The van der Waals surface area contributed by atoms with Crippen molar-refractivity contribution >= 4 is 28.8 Å². The minimum absolute atomic E-state index is 0.0438. The van der Waals surface area contributed by atoms with Gasteiger partial charge in [0.25, 0.3) is 0 Å². The predicted molar refractivity (Wildman–Crippen MR) is 91.4 cm³/mol. The maximum absolute atomic E-state index is 12.0. The molecule has 0 aliphatic carbocycles. The van der Waals surface area contributed by atoms with E-state index in [2.05, 4.69) is 25.2 Å². The second-order valence-electron chi connectivity index (χ2n) is 5.91. The molecule has 2 aromatic rings. The fourth-order valence-corrected chi connectivity index (χ4v) is 3.10. The van der Waals surface area contributed by atoms with Crippen molar-refractivity contribution in [3.8, 4) is 0 Å². The lowest BCUT2D eigenvalue weighted by Gasteiger charge is -2.24. The number of carbonyl (C=O) groups is 1. The van der Waals surface area contributed by atoms with Crippen LogP contribution in [0.5, 0.6) is 0 Å². The molecular formula is C17H20ClNO2S. The Morgan fingerprint density at radius 2 is 2.00 bits per heavy atom. The monoisotopic (exact) mass is 337 g/mol. The number of benzene rings is 1. The van der Waals surface area contributed by atoms with Crippen molar-refractivity contribution < 1.29 is 9.90 Å². The van der Waals surface area contributed by atoms with Crippen molar-refractivity contribution in [3.05, 3.63) is 57.2 Å². The molecule has 0 radical (unpaired) electrons. The quantitative estimate of drug-likeness (QED) is 0.839. The van der Waals surface area contributed by atoms with Crippen LogP contribution in [0.1, 0.15) is 36.8 Å². The summed E-state index contributed by atoms with van der Waals surface area (Å²) in [5.74, 6) is -0.160. The highest BCUT2D eigenvalue weighted by Crippen LogP contribution is 2.26. The molecule has 2 rings (SSSR count). The number of halogens is 1. The summed E-state index contributed by atoms with van der Waals surface area (Å²) in [5, 5.41) is 15.6. The number of nitrogens with one attached hydrogen (secondary N) is 1. The van der Waals surface area contributed by atoms with E-state index >= 15 is 0 Å². The van der Waals surface area contributed by atoms with Crippen molar-refractivity contribution in [2.24, 2.45) is 0 Å². The Kier molecular flexibility index (Phi) is 5.62. The highest BCUT2D eigenvalue weighted by atomic mass is 35.5. The summed E-state index contributed by atoms with van der Waals surface area (Å²) in [4.78, 5) is 13.2. The average molecular weight is 338 g/mol. The first-order chi connectivity index (χ1) is 10.4. The number of carbonyl (C=O) groups excluding carboxylic acids is 1. The molecular weight excluding hydrogens is 318 g/mol. The van der Waals surface area contributed by atoms with Crippen LogP contribution in [0.3, 0.4) is 0 Å². The predicted octanol–water partition coefficient (Wildman–Crippen LogP) is 3.92. The Morgan fingerprint density at radius 3 is 2.59 bits per heavy atom. The molecule has 0 spiro atoms. The molecule has 0 aliphatic heterocycles. The van der Waals surface area contributed by atoms with Gasteiger partial charge in [-0.1, -0.05) is 43.6 Å². The molecule has 1 unspecified atom stereocenters. The second-order valence-corrected chi connectivity index (χ2v) is 7.29. The van der Waals surface area contributed by atoms with Gasteiger partial charge < -0.3 is 10.4 Å². The normalized spacial score (nSPS) is 12.9. The molecule has 1 aromatic heterocycles. The summed E-state index contributed by atoms with van der Waals surface area (Å²) in [6.07, 6.45) is -0.774. The van der Waals surface area contributed by atoms with Crippen LogP contribution in [-0.4, -0.2) is 17.6 Å². The fourth-order valence-electron chi connectivity index (χ4n) is 2.12. The zero-order valence-corrected chi connectivity index (χ0v) is 14.2. The topological polar surface area (TPSA) is 49.3 Å². The third-order valence-electron chi connectivity index (χ3n) is 3.55. The van der Waals surface area contributed by atoms with Gasteiger partial charge in [0.2, 0.25) is 5.91 Å². The molecule has 0 saturated carbocycles. The lowest BCUT2D eigenvalue weighted by Crippen LogP contribution is -2.36. The molecule has 0 fully saturated rings. The molecule has 0 aliphatic rings. The Labute approximate surface area is 139 Å². The van der Waals surface area contributed by atoms with Crippen LogP contribution in [0.2, 0.25) is 5.02 Å². The molecule has 1 aromatic carbocycles. The molecule has 5 heteroatoms. The van der Waals surface area contributed by atoms with Gasteiger partial charge >= 0.3 is 0 Å².